The average Bonchev–Trinajstić information content (AvgIpc) is 2.50. The van der Waals surface area contributed by atoms with Crippen LogP contribution in [-0.2, 0) is 9.59 Å². The van der Waals surface area contributed by atoms with Gasteiger partial charge in [0, 0.05) is 12.8 Å². The number of carboxylic acid groups (broad SMARTS) is 2. The summed E-state index contributed by atoms with van der Waals surface area (Å²) in [6.07, 6.45) is 8.03. The van der Waals surface area contributed by atoms with E-state index in [1.165, 1.54) is 0 Å². The summed E-state index contributed by atoms with van der Waals surface area (Å²) in [5.74, 6) is -1.86. The number of aliphatic hydroxyl groups excluding tert-OH is 3. The van der Waals surface area contributed by atoms with Gasteiger partial charge in [0.2, 0.25) is 0 Å². The largest absolute Gasteiger partial charge is 0.481 e. The zero-order valence-corrected chi connectivity index (χ0v) is 14.5. The number of aliphatic hydroxyl groups is 3. The number of hydrogen-bond donors (Lipinski definition) is 5. The van der Waals surface area contributed by atoms with Crippen LogP contribution in [0.15, 0.2) is 24.3 Å². The van der Waals surface area contributed by atoms with Gasteiger partial charge in [-0.15, -0.1) is 0 Å². The Labute approximate surface area is 148 Å². The molecule has 3 unspecified atom stereocenters. The fourth-order valence-electron chi connectivity index (χ4n) is 2.23. The molecule has 0 saturated carbocycles. The van der Waals surface area contributed by atoms with Crippen LogP contribution >= 0.6 is 0 Å². The maximum atomic E-state index is 10.4. The molecule has 7 nitrogen and oxygen atoms in total. The molecule has 0 aromatic rings. The van der Waals surface area contributed by atoms with Gasteiger partial charge >= 0.3 is 11.9 Å². The van der Waals surface area contributed by atoms with Crippen molar-refractivity contribution in [1.29, 1.82) is 0 Å². The average molecular weight is 358 g/mol. The molecule has 5 N–H and O–H groups in total. The number of unbranched alkanes of at least 4 members (excludes halogenated alkanes) is 2. The monoisotopic (exact) mass is 358 g/mol. The predicted molar refractivity (Wildman–Crippen MR) is 93.1 cm³/mol. The van der Waals surface area contributed by atoms with E-state index in [4.69, 9.17) is 10.2 Å². The van der Waals surface area contributed by atoms with Crippen molar-refractivity contribution in [3.05, 3.63) is 24.3 Å². The molecule has 0 aliphatic carbocycles. The van der Waals surface area contributed by atoms with Crippen LogP contribution in [0, 0.1) is 0 Å². The van der Waals surface area contributed by atoms with Crippen molar-refractivity contribution >= 4 is 11.9 Å². The van der Waals surface area contributed by atoms with Crippen LogP contribution in [0.25, 0.3) is 0 Å². The van der Waals surface area contributed by atoms with E-state index >= 15 is 0 Å². The molecule has 0 bridgehead atoms. The highest BCUT2D eigenvalue weighted by atomic mass is 16.4. The number of carbonyl (C=O) groups is 2. The second kappa shape index (κ2) is 14.6. The third-order valence-corrected chi connectivity index (χ3v) is 3.57. The lowest BCUT2D eigenvalue weighted by molar-refractivity contribution is -0.139. The number of hydrogen-bond acceptors (Lipinski definition) is 5. The smallest absolute Gasteiger partial charge is 0.305 e. The van der Waals surface area contributed by atoms with Crippen LogP contribution in [-0.4, -0.2) is 55.8 Å². The Kier molecular flexibility index (Phi) is 13.6. The normalized spacial score (nSPS) is 15.5. The highest BCUT2D eigenvalue weighted by Crippen LogP contribution is 2.10. The van der Waals surface area contributed by atoms with Gasteiger partial charge in [-0.1, -0.05) is 24.3 Å². The van der Waals surface area contributed by atoms with Crippen molar-refractivity contribution in [3.8, 4) is 0 Å². The molecule has 0 heterocycles. The summed E-state index contributed by atoms with van der Waals surface area (Å²) in [4.78, 5) is 20.7. The first-order valence-electron chi connectivity index (χ1n) is 8.60. The second-order valence-electron chi connectivity index (χ2n) is 6.06. The Morgan fingerprint density at radius 3 is 2.16 bits per heavy atom. The predicted octanol–water partition coefficient (Wildman–Crippen LogP) is 1.86. The maximum Gasteiger partial charge on any atom is 0.305 e. The van der Waals surface area contributed by atoms with Gasteiger partial charge in [-0.25, -0.2) is 0 Å². The summed E-state index contributed by atoms with van der Waals surface area (Å²) in [5, 5.41) is 45.9. The van der Waals surface area contributed by atoms with Gasteiger partial charge in [0.05, 0.1) is 24.7 Å². The van der Waals surface area contributed by atoms with E-state index in [0.717, 1.165) is 12.8 Å². The van der Waals surface area contributed by atoms with Crippen LogP contribution < -0.4 is 0 Å². The maximum absolute atomic E-state index is 10.4. The standard InChI is InChI=1S/C18H30O7/c19-14(12-15(20)10-11-16(21)13-18(24)25)8-6-4-2-1-3-5-7-9-17(22)23/h1-2,6,8,14-16,19-21H,3-5,7,9-13H2,(H,22,23)(H,24,25). The van der Waals surface area contributed by atoms with E-state index in [1.54, 1.807) is 12.2 Å². The highest BCUT2D eigenvalue weighted by molar-refractivity contribution is 5.67. The van der Waals surface area contributed by atoms with Gasteiger partial charge in [0.1, 0.15) is 0 Å². The fraction of sp³-hybridized carbons (Fsp3) is 0.667. The molecule has 144 valence electrons. The fourth-order valence-corrected chi connectivity index (χ4v) is 2.23. The number of rotatable bonds is 15. The van der Waals surface area contributed by atoms with Gasteiger partial charge < -0.3 is 25.5 Å². The number of aliphatic carboxylic acids is 2. The molecular formula is C18H30O7. The molecule has 0 aliphatic rings. The molecule has 0 saturated heterocycles. The van der Waals surface area contributed by atoms with Crippen molar-refractivity contribution in [1.82, 2.24) is 0 Å². The number of carboxylic acids is 2. The van der Waals surface area contributed by atoms with E-state index in [1.807, 2.05) is 12.2 Å². The molecule has 0 fully saturated rings. The van der Waals surface area contributed by atoms with Crippen molar-refractivity contribution in [2.75, 3.05) is 0 Å². The van der Waals surface area contributed by atoms with E-state index < -0.39 is 30.3 Å². The minimum Gasteiger partial charge on any atom is -0.481 e. The van der Waals surface area contributed by atoms with Crippen molar-refractivity contribution < 1.29 is 35.1 Å². The highest BCUT2D eigenvalue weighted by Gasteiger charge is 2.14. The van der Waals surface area contributed by atoms with Gasteiger partial charge in [-0.2, -0.15) is 0 Å². The Bertz CT molecular complexity index is 431. The third-order valence-electron chi connectivity index (χ3n) is 3.57. The van der Waals surface area contributed by atoms with Crippen LogP contribution in [0.4, 0.5) is 0 Å². The lowest BCUT2D eigenvalue weighted by Crippen LogP contribution is -2.20. The molecule has 0 radical (unpaired) electrons. The zero-order valence-electron chi connectivity index (χ0n) is 14.5. The second-order valence-corrected chi connectivity index (χ2v) is 6.06. The molecule has 25 heavy (non-hydrogen) atoms. The van der Waals surface area contributed by atoms with Gasteiger partial charge in [0.15, 0.2) is 0 Å². The Morgan fingerprint density at radius 1 is 0.840 bits per heavy atom. The summed E-state index contributed by atoms with van der Waals surface area (Å²) in [6.45, 7) is 0. The molecule has 0 spiro atoms. The summed E-state index contributed by atoms with van der Waals surface area (Å²) >= 11 is 0. The first kappa shape index (κ1) is 23.3. The lowest BCUT2D eigenvalue weighted by atomic mass is 10.0. The van der Waals surface area contributed by atoms with Crippen LogP contribution in [0.3, 0.4) is 0 Å². The van der Waals surface area contributed by atoms with Crippen molar-refractivity contribution in [2.24, 2.45) is 0 Å². The SMILES string of the molecule is O=C(O)CCCCC=CCC=CC(O)CC(O)CCC(O)CC(=O)O. The van der Waals surface area contributed by atoms with Crippen LogP contribution in [0.2, 0.25) is 0 Å². The van der Waals surface area contributed by atoms with E-state index in [-0.39, 0.29) is 32.1 Å². The third kappa shape index (κ3) is 16.9. The molecule has 0 amide bonds. The van der Waals surface area contributed by atoms with Crippen LogP contribution in [0.5, 0.6) is 0 Å². The summed E-state index contributed by atoms with van der Waals surface area (Å²) in [5.41, 5.74) is 0. The molecule has 3 atom stereocenters. The summed E-state index contributed by atoms with van der Waals surface area (Å²) in [7, 11) is 0. The Balaban J connectivity index is 3.75. The Morgan fingerprint density at radius 2 is 1.52 bits per heavy atom. The first-order valence-corrected chi connectivity index (χ1v) is 8.60. The Hall–Kier alpha value is -1.70. The van der Waals surface area contributed by atoms with Crippen molar-refractivity contribution in [3.63, 3.8) is 0 Å². The molecule has 0 rings (SSSR count). The molecule has 0 aromatic heterocycles. The van der Waals surface area contributed by atoms with Gasteiger partial charge in [-0.3, -0.25) is 9.59 Å². The molecule has 0 aromatic carbocycles. The van der Waals surface area contributed by atoms with Gasteiger partial charge in [0.25, 0.3) is 0 Å². The minimum absolute atomic E-state index is 0.134. The quantitative estimate of drug-likeness (QED) is 0.223. The van der Waals surface area contributed by atoms with E-state index in [2.05, 4.69) is 0 Å². The van der Waals surface area contributed by atoms with E-state index in [0.29, 0.717) is 12.8 Å². The lowest BCUT2D eigenvalue weighted by Gasteiger charge is -2.14. The van der Waals surface area contributed by atoms with Gasteiger partial charge in [-0.05, 0) is 38.5 Å². The summed E-state index contributed by atoms with van der Waals surface area (Å²) in [6, 6.07) is 0. The zero-order chi connectivity index (χ0) is 19.1. The molecular weight excluding hydrogens is 328 g/mol. The minimum atomic E-state index is -1.08. The molecule has 0 aliphatic heterocycles. The first-order chi connectivity index (χ1) is 11.8. The molecule has 7 heteroatoms. The van der Waals surface area contributed by atoms with Crippen molar-refractivity contribution in [2.45, 2.75) is 76.1 Å². The van der Waals surface area contributed by atoms with Crippen LogP contribution in [0.1, 0.15) is 57.8 Å². The van der Waals surface area contributed by atoms with E-state index in [9.17, 15) is 24.9 Å². The number of allylic oxidation sites excluding steroid dienone is 3. The topological polar surface area (TPSA) is 135 Å². The summed E-state index contributed by atoms with van der Waals surface area (Å²) < 4.78 is 0.